The van der Waals surface area contributed by atoms with Crippen molar-refractivity contribution in [3.05, 3.63) is 35.2 Å². The second-order valence-electron chi connectivity index (χ2n) is 6.97. The van der Waals surface area contributed by atoms with Crippen LogP contribution in [0.3, 0.4) is 0 Å². The van der Waals surface area contributed by atoms with Gasteiger partial charge in [0, 0.05) is 18.9 Å². The van der Waals surface area contributed by atoms with E-state index in [0.29, 0.717) is 10.8 Å². The van der Waals surface area contributed by atoms with E-state index >= 15 is 0 Å². The van der Waals surface area contributed by atoms with Crippen LogP contribution in [-0.2, 0) is 6.54 Å². The van der Waals surface area contributed by atoms with Crippen molar-refractivity contribution in [2.45, 2.75) is 34.2 Å². The van der Waals surface area contributed by atoms with Gasteiger partial charge in [0.1, 0.15) is 5.65 Å². The molecule has 0 bridgehead atoms. The summed E-state index contributed by atoms with van der Waals surface area (Å²) in [5.41, 5.74) is 2.88. The number of rotatable bonds is 4. The summed E-state index contributed by atoms with van der Waals surface area (Å²) < 4.78 is 1.98. The molecule has 0 saturated heterocycles. The number of fused-ring (bicyclic) bond motifs is 1. The molecule has 0 aliphatic heterocycles. The van der Waals surface area contributed by atoms with Crippen molar-refractivity contribution in [1.29, 1.82) is 0 Å². The van der Waals surface area contributed by atoms with Crippen molar-refractivity contribution in [2.75, 3.05) is 6.54 Å². The molecule has 0 aromatic carbocycles. The fraction of sp³-hybridized carbons (Fsp3) is 0.562. The summed E-state index contributed by atoms with van der Waals surface area (Å²) in [4.78, 5) is 4.59. The summed E-state index contributed by atoms with van der Waals surface area (Å²) in [5.74, 6) is 0.737. The Morgan fingerprint density at radius 2 is 1.90 bits per heavy atom. The van der Waals surface area contributed by atoms with Gasteiger partial charge in [-0.05, 0) is 35.4 Å². The van der Waals surface area contributed by atoms with Gasteiger partial charge in [-0.25, -0.2) is 4.98 Å². The third-order valence-corrected chi connectivity index (χ3v) is 5.66. The predicted molar refractivity (Wildman–Crippen MR) is 83.0 cm³/mol. The molecule has 108 valence electrons. The van der Waals surface area contributed by atoms with Gasteiger partial charge in [0.2, 0.25) is 0 Å². The second-order valence-corrected chi connectivity index (χ2v) is 7.41. The highest BCUT2D eigenvalue weighted by molar-refractivity contribution is 6.30. The Balaban J connectivity index is 1.61. The summed E-state index contributed by atoms with van der Waals surface area (Å²) >= 11 is 5.98. The molecule has 20 heavy (non-hydrogen) atoms. The minimum atomic E-state index is 0.437. The van der Waals surface area contributed by atoms with Crippen LogP contribution < -0.4 is 5.32 Å². The minimum Gasteiger partial charge on any atom is -0.311 e. The Kier molecular flexibility index (Phi) is 3.11. The van der Waals surface area contributed by atoms with Crippen LogP contribution in [0, 0.1) is 16.7 Å². The molecule has 0 radical (unpaired) electrons. The molecule has 1 saturated carbocycles. The average molecular weight is 292 g/mol. The number of imidazole rings is 1. The molecule has 0 atom stereocenters. The van der Waals surface area contributed by atoms with E-state index < -0.39 is 0 Å². The van der Waals surface area contributed by atoms with Gasteiger partial charge in [0.25, 0.3) is 0 Å². The first-order valence-corrected chi connectivity index (χ1v) is 7.54. The van der Waals surface area contributed by atoms with Crippen LogP contribution in [0.1, 0.15) is 33.4 Å². The number of halogens is 1. The zero-order valence-electron chi connectivity index (χ0n) is 12.6. The van der Waals surface area contributed by atoms with Crippen LogP contribution in [-0.4, -0.2) is 15.9 Å². The zero-order valence-corrected chi connectivity index (χ0v) is 13.3. The van der Waals surface area contributed by atoms with Crippen LogP contribution >= 0.6 is 11.6 Å². The lowest BCUT2D eigenvalue weighted by molar-refractivity contribution is 0.457. The lowest BCUT2D eigenvalue weighted by Gasteiger charge is -2.04. The summed E-state index contributed by atoms with van der Waals surface area (Å²) in [7, 11) is 0. The Labute approximate surface area is 125 Å². The maximum absolute atomic E-state index is 5.98. The average Bonchev–Trinajstić information content (AvgIpc) is 2.68. The van der Waals surface area contributed by atoms with Crippen molar-refractivity contribution in [3.63, 3.8) is 0 Å². The van der Waals surface area contributed by atoms with Gasteiger partial charge in [-0.3, -0.25) is 0 Å². The van der Waals surface area contributed by atoms with Gasteiger partial charge in [-0.15, -0.1) is 0 Å². The maximum Gasteiger partial charge on any atom is 0.137 e. The van der Waals surface area contributed by atoms with E-state index in [2.05, 4.69) is 38.0 Å². The largest absolute Gasteiger partial charge is 0.311 e. The molecule has 0 unspecified atom stereocenters. The quantitative estimate of drug-likeness (QED) is 0.929. The van der Waals surface area contributed by atoms with E-state index in [1.807, 2.05) is 28.9 Å². The number of hydrogen-bond acceptors (Lipinski definition) is 2. The molecule has 0 amide bonds. The topological polar surface area (TPSA) is 29.3 Å². The first-order valence-electron chi connectivity index (χ1n) is 7.16. The SMILES string of the molecule is CC1(C)C(CNCc2cn3cc(Cl)ccc3n2)C1(C)C. The maximum atomic E-state index is 5.98. The first kappa shape index (κ1) is 13.9. The van der Waals surface area contributed by atoms with E-state index in [4.69, 9.17) is 11.6 Å². The van der Waals surface area contributed by atoms with Crippen LogP contribution in [0.4, 0.5) is 0 Å². The summed E-state index contributed by atoms with van der Waals surface area (Å²) in [5, 5.41) is 4.27. The molecule has 3 nitrogen and oxygen atoms in total. The van der Waals surface area contributed by atoms with Gasteiger partial charge < -0.3 is 9.72 Å². The fourth-order valence-corrected chi connectivity index (χ4v) is 3.46. The van der Waals surface area contributed by atoms with Crippen molar-refractivity contribution in [3.8, 4) is 0 Å². The summed E-state index contributed by atoms with van der Waals surface area (Å²) in [6, 6.07) is 3.81. The van der Waals surface area contributed by atoms with Gasteiger partial charge in [0.15, 0.2) is 0 Å². The highest BCUT2D eigenvalue weighted by atomic mass is 35.5. The molecular formula is C16H22ClN3. The monoisotopic (exact) mass is 291 g/mol. The van der Waals surface area contributed by atoms with Gasteiger partial charge >= 0.3 is 0 Å². The summed E-state index contributed by atoms with van der Waals surface area (Å²) in [6.45, 7) is 11.3. The van der Waals surface area contributed by atoms with Crippen molar-refractivity contribution in [2.24, 2.45) is 16.7 Å². The van der Waals surface area contributed by atoms with Crippen LogP contribution in [0.2, 0.25) is 5.02 Å². The lowest BCUT2D eigenvalue weighted by atomic mass is 10.0. The van der Waals surface area contributed by atoms with Crippen LogP contribution in [0.25, 0.3) is 5.65 Å². The molecular weight excluding hydrogens is 270 g/mol. The highest BCUT2D eigenvalue weighted by Crippen LogP contribution is 2.67. The predicted octanol–water partition coefficient (Wildman–Crippen LogP) is 3.76. The van der Waals surface area contributed by atoms with Crippen LogP contribution in [0.15, 0.2) is 24.5 Å². The number of nitrogens with one attached hydrogen (secondary N) is 1. The van der Waals surface area contributed by atoms with Gasteiger partial charge in [0.05, 0.1) is 10.7 Å². The first-order chi connectivity index (χ1) is 9.32. The van der Waals surface area contributed by atoms with Crippen molar-refractivity contribution in [1.82, 2.24) is 14.7 Å². The highest BCUT2D eigenvalue weighted by Gasteiger charge is 2.63. The van der Waals surface area contributed by atoms with E-state index in [0.717, 1.165) is 35.4 Å². The minimum absolute atomic E-state index is 0.437. The molecule has 0 spiro atoms. The number of pyridine rings is 1. The third kappa shape index (κ3) is 2.13. The molecule has 2 aromatic rings. The Morgan fingerprint density at radius 3 is 2.55 bits per heavy atom. The van der Waals surface area contributed by atoms with Gasteiger partial charge in [-0.1, -0.05) is 39.3 Å². The molecule has 1 fully saturated rings. The molecule has 2 heterocycles. The smallest absolute Gasteiger partial charge is 0.137 e. The lowest BCUT2D eigenvalue weighted by Crippen LogP contribution is -2.19. The standard InChI is InChI=1S/C16H22ClN3/c1-15(2)13(16(15,3)4)8-18-7-12-10-20-9-11(17)5-6-14(20)19-12/h5-6,9-10,13,18H,7-8H2,1-4H3. The van der Waals surface area contributed by atoms with E-state index in [1.165, 1.54) is 0 Å². The Bertz CT molecular complexity index is 628. The van der Waals surface area contributed by atoms with E-state index in [9.17, 15) is 0 Å². The molecule has 1 aliphatic rings. The van der Waals surface area contributed by atoms with E-state index in [1.54, 1.807) is 0 Å². The number of nitrogens with zero attached hydrogens (tertiary/aromatic N) is 2. The Morgan fingerprint density at radius 1 is 1.20 bits per heavy atom. The summed E-state index contributed by atoms with van der Waals surface area (Å²) in [6.07, 6.45) is 3.93. The molecule has 2 aromatic heterocycles. The van der Waals surface area contributed by atoms with Crippen LogP contribution in [0.5, 0.6) is 0 Å². The van der Waals surface area contributed by atoms with Crippen molar-refractivity contribution < 1.29 is 0 Å². The Hall–Kier alpha value is -1.06. The number of aromatic nitrogens is 2. The molecule has 4 heteroatoms. The fourth-order valence-electron chi connectivity index (χ4n) is 3.29. The molecule has 1 aliphatic carbocycles. The van der Waals surface area contributed by atoms with Crippen molar-refractivity contribution >= 4 is 17.2 Å². The molecule has 1 N–H and O–H groups in total. The number of hydrogen-bond donors (Lipinski definition) is 1. The van der Waals surface area contributed by atoms with Gasteiger partial charge in [-0.2, -0.15) is 0 Å². The van der Waals surface area contributed by atoms with E-state index in [-0.39, 0.29) is 0 Å². The third-order valence-electron chi connectivity index (χ3n) is 5.44. The molecule has 3 rings (SSSR count). The zero-order chi connectivity index (χ0) is 14.5. The second kappa shape index (κ2) is 4.47. The normalized spacial score (nSPS) is 20.4.